The van der Waals surface area contributed by atoms with E-state index in [0.717, 1.165) is 21.5 Å². The van der Waals surface area contributed by atoms with Crippen LogP contribution in [0.2, 0.25) is 0 Å². The van der Waals surface area contributed by atoms with Gasteiger partial charge in [0.15, 0.2) is 11.2 Å². The number of carbonyl (C=O) groups is 1. The minimum atomic E-state index is -0.878. The van der Waals surface area contributed by atoms with Gasteiger partial charge in [0, 0.05) is 6.20 Å². The molecule has 0 aliphatic carbocycles. The van der Waals surface area contributed by atoms with E-state index in [2.05, 4.69) is 20.7 Å². The maximum Gasteiger partial charge on any atom is 0.331 e. The van der Waals surface area contributed by atoms with Crippen LogP contribution in [0.4, 0.5) is 9.18 Å². The average Bonchev–Trinajstić information content (AvgIpc) is 3.03. The number of carbonyl (C=O) groups excluding carboxylic acids is 1. The summed E-state index contributed by atoms with van der Waals surface area (Å²) in [4.78, 5) is 23.5. The SMILES string of the molecule is CCc1nn2c(nnc3c(=O)n(NC(N)=O)ccc32)c1-c1ccc(F)cc1. The number of rotatable bonds is 3. The molecule has 0 spiro atoms. The Balaban J connectivity index is 2.01. The number of urea groups is 1. The average molecular weight is 367 g/mol. The van der Waals surface area contributed by atoms with Crippen LogP contribution in [0.3, 0.4) is 0 Å². The minimum absolute atomic E-state index is 0.0227. The second-order valence-corrected chi connectivity index (χ2v) is 5.82. The van der Waals surface area contributed by atoms with Crippen molar-refractivity contribution in [2.45, 2.75) is 13.3 Å². The highest BCUT2D eigenvalue weighted by Gasteiger charge is 2.19. The van der Waals surface area contributed by atoms with Crippen molar-refractivity contribution in [2.24, 2.45) is 5.73 Å². The molecule has 4 rings (SSSR count). The van der Waals surface area contributed by atoms with Crippen LogP contribution in [0.1, 0.15) is 12.6 Å². The Bertz CT molecular complexity index is 1240. The van der Waals surface area contributed by atoms with Crippen LogP contribution < -0.4 is 16.7 Å². The van der Waals surface area contributed by atoms with Crippen molar-refractivity contribution in [1.29, 1.82) is 0 Å². The predicted octanol–water partition coefficient (Wildman–Crippen LogP) is 1.43. The molecule has 9 nitrogen and oxygen atoms in total. The van der Waals surface area contributed by atoms with Crippen LogP contribution in [0.5, 0.6) is 0 Å². The van der Waals surface area contributed by atoms with E-state index in [9.17, 15) is 14.0 Å². The third kappa shape index (κ3) is 2.67. The molecule has 2 amide bonds. The van der Waals surface area contributed by atoms with E-state index in [4.69, 9.17) is 5.73 Å². The number of primary amides is 1. The van der Waals surface area contributed by atoms with E-state index in [0.29, 0.717) is 17.6 Å². The first kappa shape index (κ1) is 16.6. The number of aryl methyl sites for hydroxylation is 1. The molecule has 3 aromatic heterocycles. The molecule has 10 heteroatoms. The highest BCUT2D eigenvalue weighted by molar-refractivity contribution is 5.85. The zero-order valence-electron chi connectivity index (χ0n) is 14.2. The molecule has 27 heavy (non-hydrogen) atoms. The van der Waals surface area contributed by atoms with Gasteiger partial charge < -0.3 is 5.73 Å². The van der Waals surface area contributed by atoms with Gasteiger partial charge in [0.1, 0.15) is 11.3 Å². The predicted molar refractivity (Wildman–Crippen MR) is 96.3 cm³/mol. The summed E-state index contributed by atoms with van der Waals surface area (Å²) in [5.74, 6) is -0.340. The van der Waals surface area contributed by atoms with Gasteiger partial charge in [0.2, 0.25) is 0 Å². The number of nitrogens with one attached hydrogen (secondary N) is 1. The number of benzene rings is 1. The number of nitrogens with two attached hydrogens (primary N) is 1. The molecule has 3 N–H and O–H groups in total. The first-order valence-corrected chi connectivity index (χ1v) is 8.11. The fraction of sp³-hybridized carbons (Fsp3) is 0.118. The largest absolute Gasteiger partial charge is 0.350 e. The molecule has 0 bridgehead atoms. The molecule has 0 saturated heterocycles. The van der Waals surface area contributed by atoms with Gasteiger partial charge in [-0.15, -0.1) is 10.2 Å². The van der Waals surface area contributed by atoms with Crippen molar-refractivity contribution in [3.05, 3.63) is 58.4 Å². The Labute approximate surface area is 151 Å². The van der Waals surface area contributed by atoms with Crippen LogP contribution in [0.25, 0.3) is 27.8 Å². The Hall–Kier alpha value is -3.82. The lowest BCUT2D eigenvalue weighted by Crippen LogP contribution is -2.36. The van der Waals surface area contributed by atoms with Crippen molar-refractivity contribution in [1.82, 2.24) is 24.5 Å². The molecule has 0 saturated carbocycles. The lowest BCUT2D eigenvalue weighted by atomic mass is 10.0. The van der Waals surface area contributed by atoms with Crippen molar-refractivity contribution < 1.29 is 9.18 Å². The van der Waals surface area contributed by atoms with Gasteiger partial charge in [-0.1, -0.05) is 19.1 Å². The summed E-state index contributed by atoms with van der Waals surface area (Å²) >= 11 is 0. The van der Waals surface area contributed by atoms with Gasteiger partial charge in [-0.05, 0) is 30.2 Å². The Morgan fingerprint density at radius 2 is 1.96 bits per heavy atom. The van der Waals surface area contributed by atoms with E-state index in [1.807, 2.05) is 6.92 Å². The number of pyridine rings is 1. The number of amides is 2. The van der Waals surface area contributed by atoms with Gasteiger partial charge >= 0.3 is 6.03 Å². The van der Waals surface area contributed by atoms with Crippen LogP contribution in [0, 0.1) is 5.82 Å². The number of nitrogens with zero attached hydrogens (tertiary/aromatic N) is 5. The monoisotopic (exact) mass is 367 g/mol. The fourth-order valence-electron chi connectivity index (χ4n) is 2.96. The summed E-state index contributed by atoms with van der Waals surface area (Å²) < 4.78 is 15.7. The topological polar surface area (TPSA) is 120 Å². The zero-order chi connectivity index (χ0) is 19.1. The van der Waals surface area contributed by atoms with Crippen molar-refractivity contribution in [2.75, 3.05) is 5.43 Å². The highest BCUT2D eigenvalue weighted by Crippen LogP contribution is 2.29. The second kappa shape index (κ2) is 6.16. The number of halogens is 1. The lowest BCUT2D eigenvalue weighted by molar-refractivity contribution is 0.256. The molecule has 3 heterocycles. The Kier molecular flexibility index (Phi) is 3.80. The van der Waals surface area contributed by atoms with Gasteiger partial charge in [-0.25, -0.2) is 23.8 Å². The Morgan fingerprint density at radius 3 is 2.63 bits per heavy atom. The molecule has 0 fully saturated rings. The van der Waals surface area contributed by atoms with Gasteiger partial charge in [0.25, 0.3) is 5.56 Å². The number of fused-ring (bicyclic) bond motifs is 3. The first-order valence-electron chi connectivity index (χ1n) is 8.11. The molecule has 136 valence electrons. The number of aromatic nitrogens is 5. The van der Waals surface area contributed by atoms with Gasteiger partial charge in [-0.3, -0.25) is 4.79 Å². The smallest absolute Gasteiger partial charge is 0.331 e. The maximum atomic E-state index is 13.3. The van der Waals surface area contributed by atoms with E-state index < -0.39 is 11.6 Å². The van der Waals surface area contributed by atoms with Crippen LogP contribution in [0.15, 0.2) is 41.3 Å². The molecule has 0 aliphatic rings. The fourth-order valence-corrected chi connectivity index (χ4v) is 2.96. The summed E-state index contributed by atoms with van der Waals surface area (Å²) in [5, 5.41) is 12.7. The van der Waals surface area contributed by atoms with Crippen molar-refractivity contribution >= 4 is 22.7 Å². The summed E-state index contributed by atoms with van der Waals surface area (Å²) in [7, 11) is 0. The maximum absolute atomic E-state index is 13.3. The third-order valence-corrected chi connectivity index (χ3v) is 4.15. The van der Waals surface area contributed by atoms with Crippen molar-refractivity contribution in [3.8, 4) is 11.1 Å². The minimum Gasteiger partial charge on any atom is -0.350 e. The van der Waals surface area contributed by atoms with E-state index in [1.54, 1.807) is 18.2 Å². The quantitative estimate of drug-likeness (QED) is 0.567. The first-order chi connectivity index (χ1) is 13.0. The molecule has 0 atom stereocenters. The second-order valence-electron chi connectivity index (χ2n) is 5.82. The molecular formula is C17H14FN7O2. The van der Waals surface area contributed by atoms with Crippen LogP contribution >= 0.6 is 0 Å². The van der Waals surface area contributed by atoms with E-state index in [-0.39, 0.29) is 11.3 Å². The molecular weight excluding hydrogens is 353 g/mol. The molecule has 1 aromatic carbocycles. The summed E-state index contributed by atoms with van der Waals surface area (Å²) in [5.41, 5.74) is 9.77. The molecule has 0 radical (unpaired) electrons. The third-order valence-electron chi connectivity index (χ3n) is 4.15. The van der Waals surface area contributed by atoms with Crippen LogP contribution in [-0.4, -0.2) is 30.5 Å². The zero-order valence-corrected chi connectivity index (χ0v) is 14.2. The van der Waals surface area contributed by atoms with E-state index >= 15 is 0 Å². The Morgan fingerprint density at radius 1 is 1.22 bits per heavy atom. The highest BCUT2D eigenvalue weighted by atomic mass is 19.1. The van der Waals surface area contributed by atoms with Crippen molar-refractivity contribution in [3.63, 3.8) is 0 Å². The summed E-state index contributed by atoms with van der Waals surface area (Å²) in [6.07, 6.45) is 1.97. The lowest BCUT2D eigenvalue weighted by Gasteiger charge is -2.06. The van der Waals surface area contributed by atoms with E-state index in [1.165, 1.54) is 22.8 Å². The number of hydrogen-bond acceptors (Lipinski definition) is 5. The van der Waals surface area contributed by atoms with Gasteiger partial charge in [-0.2, -0.15) is 5.10 Å². The number of hydrogen-bond donors (Lipinski definition) is 2. The summed E-state index contributed by atoms with van der Waals surface area (Å²) in [6, 6.07) is 6.71. The van der Waals surface area contributed by atoms with Gasteiger partial charge in [0.05, 0.1) is 11.3 Å². The molecule has 0 aliphatic heterocycles. The molecule has 0 unspecified atom stereocenters. The van der Waals surface area contributed by atoms with Crippen LogP contribution in [-0.2, 0) is 6.42 Å². The summed E-state index contributed by atoms with van der Waals surface area (Å²) in [6.45, 7) is 1.94. The standard InChI is InChI=1S/C17H14FN7O2/c1-2-11-13(9-3-5-10(18)6-4-9)15-21-20-14-12(25(15)22-11)7-8-24(16(14)26)23-17(19)27/h3-8H,2H2,1H3,(H3,19,23,27). The molecule has 4 aromatic rings. The normalized spacial score (nSPS) is 11.2.